The summed E-state index contributed by atoms with van der Waals surface area (Å²) >= 11 is 0. The molecular weight excluding hydrogens is 202 g/mol. The van der Waals surface area contributed by atoms with E-state index >= 15 is 0 Å². The lowest BCUT2D eigenvalue weighted by Gasteiger charge is -2.35. The molecule has 1 heterocycles. The summed E-state index contributed by atoms with van der Waals surface area (Å²) in [5, 5.41) is 9.40. The quantitative estimate of drug-likeness (QED) is 0.829. The fourth-order valence-corrected chi connectivity index (χ4v) is 2.33. The lowest BCUT2D eigenvalue weighted by atomic mass is 10.1. The first-order chi connectivity index (χ1) is 7.63. The number of phenolic OH excluding ortho intramolecular Hbond substituents is 1. The first-order valence-corrected chi connectivity index (χ1v) is 5.79. The number of nitrogens with zero attached hydrogens (tertiary/aromatic N) is 1. The predicted molar refractivity (Wildman–Crippen MR) is 63.4 cm³/mol. The highest BCUT2D eigenvalue weighted by molar-refractivity contribution is 5.27. The summed E-state index contributed by atoms with van der Waals surface area (Å²) in [5.74, 6) is 0.340. The Labute approximate surface area is 96.6 Å². The zero-order chi connectivity index (χ0) is 11.5. The van der Waals surface area contributed by atoms with E-state index in [0.29, 0.717) is 18.0 Å². The molecule has 0 saturated carbocycles. The summed E-state index contributed by atoms with van der Waals surface area (Å²) < 4.78 is 5.69. The van der Waals surface area contributed by atoms with Crippen LogP contribution >= 0.6 is 0 Å². The van der Waals surface area contributed by atoms with Crippen LogP contribution in [-0.4, -0.2) is 35.3 Å². The Morgan fingerprint density at radius 3 is 2.62 bits per heavy atom. The summed E-state index contributed by atoms with van der Waals surface area (Å²) in [7, 11) is 0. The van der Waals surface area contributed by atoms with Gasteiger partial charge in [-0.1, -0.05) is 12.1 Å². The average Bonchev–Trinajstić information content (AvgIpc) is 2.15. The average molecular weight is 221 g/mol. The van der Waals surface area contributed by atoms with E-state index < -0.39 is 0 Å². The Balaban J connectivity index is 1.98. The highest BCUT2D eigenvalue weighted by Crippen LogP contribution is 2.16. The number of hydrogen-bond acceptors (Lipinski definition) is 3. The third-order valence-corrected chi connectivity index (χ3v) is 2.81. The zero-order valence-corrected chi connectivity index (χ0v) is 9.89. The Morgan fingerprint density at radius 1 is 1.31 bits per heavy atom. The standard InChI is InChI=1S/C13H19NO2/c1-10-7-14(8-11(2)16-10)9-12-4-3-5-13(15)6-12/h3-6,10-11,15H,7-9H2,1-2H3. The highest BCUT2D eigenvalue weighted by Gasteiger charge is 2.21. The van der Waals surface area contributed by atoms with Crippen molar-refractivity contribution in [3.8, 4) is 5.75 Å². The van der Waals surface area contributed by atoms with Gasteiger partial charge in [-0.2, -0.15) is 0 Å². The first-order valence-electron chi connectivity index (χ1n) is 5.79. The lowest BCUT2D eigenvalue weighted by molar-refractivity contribution is -0.0704. The third-order valence-electron chi connectivity index (χ3n) is 2.81. The summed E-state index contributed by atoms with van der Waals surface area (Å²) in [5.41, 5.74) is 1.15. The minimum absolute atomic E-state index is 0.293. The summed E-state index contributed by atoms with van der Waals surface area (Å²) in [6.07, 6.45) is 0.585. The minimum Gasteiger partial charge on any atom is -0.508 e. The van der Waals surface area contributed by atoms with Crippen molar-refractivity contribution in [3.05, 3.63) is 29.8 Å². The number of ether oxygens (including phenoxy) is 1. The molecule has 1 aromatic rings. The van der Waals surface area contributed by atoms with E-state index in [1.54, 1.807) is 6.07 Å². The molecule has 3 nitrogen and oxygen atoms in total. The Kier molecular flexibility index (Phi) is 3.46. The van der Waals surface area contributed by atoms with Crippen LogP contribution in [0.15, 0.2) is 24.3 Å². The van der Waals surface area contributed by atoms with E-state index in [1.807, 2.05) is 18.2 Å². The molecule has 1 aliphatic heterocycles. The van der Waals surface area contributed by atoms with Crippen LogP contribution in [0.5, 0.6) is 5.75 Å². The molecule has 1 aromatic carbocycles. The molecule has 0 aliphatic carbocycles. The van der Waals surface area contributed by atoms with Gasteiger partial charge in [-0.25, -0.2) is 0 Å². The second-order valence-electron chi connectivity index (χ2n) is 4.62. The predicted octanol–water partition coefficient (Wildman–Crippen LogP) is 2.00. The van der Waals surface area contributed by atoms with Gasteiger partial charge in [-0.05, 0) is 31.5 Å². The van der Waals surface area contributed by atoms with Crippen LogP contribution < -0.4 is 0 Å². The maximum absolute atomic E-state index is 9.40. The van der Waals surface area contributed by atoms with Crippen LogP contribution in [0.3, 0.4) is 0 Å². The lowest BCUT2D eigenvalue weighted by Crippen LogP contribution is -2.44. The fraction of sp³-hybridized carbons (Fsp3) is 0.538. The van der Waals surface area contributed by atoms with Crippen LogP contribution in [-0.2, 0) is 11.3 Å². The molecule has 3 heteroatoms. The van der Waals surface area contributed by atoms with Crippen molar-refractivity contribution < 1.29 is 9.84 Å². The second-order valence-corrected chi connectivity index (χ2v) is 4.62. The Bertz CT molecular complexity index is 344. The van der Waals surface area contributed by atoms with Gasteiger partial charge in [0, 0.05) is 19.6 Å². The normalized spacial score (nSPS) is 26.9. The molecule has 0 radical (unpaired) electrons. The monoisotopic (exact) mass is 221 g/mol. The zero-order valence-electron chi connectivity index (χ0n) is 9.89. The molecule has 88 valence electrons. The van der Waals surface area contributed by atoms with Gasteiger partial charge in [0.2, 0.25) is 0 Å². The smallest absolute Gasteiger partial charge is 0.115 e. The number of benzene rings is 1. The number of rotatable bonds is 2. The molecule has 2 rings (SSSR count). The van der Waals surface area contributed by atoms with Gasteiger partial charge in [0.15, 0.2) is 0 Å². The van der Waals surface area contributed by atoms with E-state index in [4.69, 9.17) is 4.74 Å². The molecule has 1 fully saturated rings. The van der Waals surface area contributed by atoms with Gasteiger partial charge in [0.05, 0.1) is 12.2 Å². The molecule has 0 spiro atoms. The van der Waals surface area contributed by atoms with E-state index in [2.05, 4.69) is 18.7 Å². The van der Waals surface area contributed by atoms with Gasteiger partial charge in [-0.3, -0.25) is 4.90 Å². The molecule has 1 N–H and O–H groups in total. The van der Waals surface area contributed by atoms with Gasteiger partial charge in [0.1, 0.15) is 5.75 Å². The van der Waals surface area contributed by atoms with Crippen molar-refractivity contribution in [2.75, 3.05) is 13.1 Å². The topological polar surface area (TPSA) is 32.7 Å². The van der Waals surface area contributed by atoms with E-state index in [9.17, 15) is 5.11 Å². The van der Waals surface area contributed by atoms with E-state index in [0.717, 1.165) is 25.2 Å². The molecule has 0 aromatic heterocycles. The van der Waals surface area contributed by atoms with Gasteiger partial charge in [-0.15, -0.1) is 0 Å². The fourth-order valence-electron chi connectivity index (χ4n) is 2.33. The van der Waals surface area contributed by atoms with Crippen LogP contribution in [0.1, 0.15) is 19.4 Å². The SMILES string of the molecule is CC1CN(Cc2cccc(O)c2)CC(C)O1. The van der Waals surface area contributed by atoms with E-state index in [1.165, 1.54) is 0 Å². The van der Waals surface area contributed by atoms with Crippen LogP contribution in [0.4, 0.5) is 0 Å². The minimum atomic E-state index is 0.293. The van der Waals surface area contributed by atoms with Crippen molar-refractivity contribution in [2.45, 2.75) is 32.6 Å². The molecular formula is C13H19NO2. The number of phenols is 1. The van der Waals surface area contributed by atoms with Crippen molar-refractivity contribution in [1.29, 1.82) is 0 Å². The van der Waals surface area contributed by atoms with Crippen LogP contribution in [0, 0.1) is 0 Å². The van der Waals surface area contributed by atoms with Gasteiger partial charge in [0.25, 0.3) is 0 Å². The number of morpholine rings is 1. The first kappa shape index (κ1) is 11.4. The van der Waals surface area contributed by atoms with Crippen molar-refractivity contribution >= 4 is 0 Å². The van der Waals surface area contributed by atoms with Gasteiger partial charge >= 0.3 is 0 Å². The van der Waals surface area contributed by atoms with E-state index in [-0.39, 0.29) is 0 Å². The van der Waals surface area contributed by atoms with Crippen LogP contribution in [0.25, 0.3) is 0 Å². The van der Waals surface area contributed by atoms with Crippen LogP contribution in [0.2, 0.25) is 0 Å². The second kappa shape index (κ2) is 4.85. The molecule has 2 unspecified atom stereocenters. The third kappa shape index (κ3) is 2.97. The summed E-state index contributed by atoms with van der Waals surface area (Å²) in [6.45, 7) is 7.00. The molecule has 1 saturated heterocycles. The number of aromatic hydroxyl groups is 1. The molecule has 0 amide bonds. The van der Waals surface area contributed by atoms with Crippen molar-refractivity contribution in [2.24, 2.45) is 0 Å². The summed E-state index contributed by atoms with van der Waals surface area (Å²) in [4.78, 5) is 2.37. The van der Waals surface area contributed by atoms with Crippen molar-refractivity contribution in [1.82, 2.24) is 4.90 Å². The summed E-state index contributed by atoms with van der Waals surface area (Å²) in [6, 6.07) is 7.46. The largest absolute Gasteiger partial charge is 0.508 e. The Hall–Kier alpha value is -1.06. The number of hydrogen-bond donors (Lipinski definition) is 1. The molecule has 2 atom stereocenters. The maximum Gasteiger partial charge on any atom is 0.115 e. The van der Waals surface area contributed by atoms with Crippen molar-refractivity contribution in [3.63, 3.8) is 0 Å². The highest BCUT2D eigenvalue weighted by atomic mass is 16.5. The molecule has 1 aliphatic rings. The molecule has 0 bridgehead atoms. The molecule has 16 heavy (non-hydrogen) atoms. The Morgan fingerprint density at radius 2 is 2.00 bits per heavy atom. The van der Waals surface area contributed by atoms with Gasteiger partial charge < -0.3 is 9.84 Å². The maximum atomic E-state index is 9.40.